The quantitative estimate of drug-likeness (QED) is 0.796. The average molecular weight is 288 g/mol. The monoisotopic (exact) mass is 287 g/mol. The molecule has 2 rings (SSSR count). The summed E-state index contributed by atoms with van der Waals surface area (Å²) in [6, 6.07) is 1.84. The number of rotatable bonds is 4. The smallest absolute Gasteiger partial charge is 0.158 e. The van der Waals surface area contributed by atoms with Gasteiger partial charge in [-0.3, -0.25) is 0 Å². The Morgan fingerprint density at radius 2 is 2.28 bits per heavy atom. The molecule has 0 aliphatic carbocycles. The second kappa shape index (κ2) is 7.16. The Morgan fingerprint density at radius 1 is 1.39 bits per heavy atom. The molecule has 1 aliphatic heterocycles. The summed E-state index contributed by atoms with van der Waals surface area (Å²) in [6.45, 7) is 5.09. The Kier molecular flexibility index (Phi) is 5.53. The molecule has 0 radical (unpaired) electrons. The molecule has 0 spiro atoms. The third-order valence-corrected chi connectivity index (χ3v) is 3.95. The van der Waals surface area contributed by atoms with E-state index in [1.807, 2.05) is 24.8 Å². The third kappa shape index (κ3) is 4.00. The summed E-state index contributed by atoms with van der Waals surface area (Å²) >= 11 is 8.04. The van der Waals surface area contributed by atoms with Crippen LogP contribution in [0.5, 0.6) is 0 Å². The van der Waals surface area contributed by atoms with Crippen molar-refractivity contribution < 1.29 is 4.74 Å². The van der Waals surface area contributed by atoms with Crippen molar-refractivity contribution in [2.75, 3.05) is 36.1 Å². The maximum Gasteiger partial charge on any atom is 0.158 e. The van der Waals surface area contributed by atoms with Crippen molar-refractivity contribution in [1.29, 1.82) is 0 Å². The molecule has 2 heterocycles. The van der Waals surface area contributed by atoms with Gasteiger partial charge >= 0.3 is 0 Å². The number of thioether (sulfide) groups is 1. The lowest BCUT2D eigenvalue weighted by atomic mass is 10.4. The van der Waals surface area contributed by atoms with Gasteiger partial charge in [-0.15, -0.1) is 0 Å². The fraction of sp³-hybridized carbons (Fsp3) is 0.667. The van der Waals surface area contributed by atoms with Crippen molar-refractivity contribution in [3.8, 4) is 0 Å². The molecule has 1 aromatic rings. The van der Waals surface area contributed by atoms with Crippen molar-refractivity contribution in [3.05, 3.63) is 17.0 Å². The number of hydrogen-bond acceptors (Lipinski definition) is 5. The minimum atomic E-state index is 0.423. The fourth-order valence-electron chi connectivity index (χ4n) is 1.85. The number of hydrogen-bond donors (Lipinski definition) is 0. The van der Waals surface area contributed by atoms with E-state index < -0.39 is 0 Å². The molecule has 0 amide bonds. The van der Waals surface area contributed by atoms with E-state index in [4.69, 9.17) is 16.3 Å². The molecule has 6 heteroatoms. The van der Waals surface area contributed by atoms with E-state index in [0.717, 1.165) is 24.7 Å². The normalized spacial score (nSPS) is 16.7. The molecule has 0 saturated carbocycles. The molecule has 1 aliphatic rings. The van der Waals surface area contributed by atoms with Gasteiger partial charge < -0.3 is 9.64 Å². The van der Waals surface area contributed by atoms with E-state index in [1.165, 1.54) is 12.2 Å². The predicted molar refractivity (Wildman–Crippen MR) is 76.5 cm³/mol. The highest BCUT2D eigenvalue weighted by Crippen LogP contribution is 2.20. The van der Waals surface area contributed by atoms with Crippen LogP contribution in [0.2, 0.25) is 5.15 Å². The van der Waals surface area contributed by atoms with Crippen LogP contribution in [0.25, 0.3) is 0 Å². The number of anilines is 1. The maximum absolute atomic E-state index is 6.05. The molecular formula is C12H18ClN3OS. The molecule has 0 aromatic carbocycles. The first kappa shape index (κ1) is 13.9. The van der Waals surface area contributed by atoms with E-state index >= 15 is 0 Å². The second-order valence-electron chi connectivity index (χ2n) is 4.06. The highest BCUT2D eigenvalue weighted by molar-refractivity contribution is 7.99. The highest BCUT2D eigenvalue weighted by atomic mass is 35.5. The largest absolute Gasteiger partial charge is 0.374 e. The Morgan fingerprint density at radius 3 is 3.11 bits per heavy atom. The number of nitrogens with zero attached hydrogens (tertiary/aromatic N) is 3. The van der Waals surface area contributed by atoms with Gasteiger partial charge in [-0.05, 0) is 19.1 Å². The molecule has 1 fully saturated rings. The van der Waals surface area contributed by atoms with Crippen LogP contribution in [0.15, 0.2) is 6.07 Å². The Balaban J connectivity index is 2.12. The lowest BCUT2D eigenvalue weighted by Crippen LogP contribution is -2.27. The minimum absolute atomic E-state index is 0.423. The molecule has 0 N–H and O–H groups in total. The third-order valence-electron chi connectivity index (χ3n) is 2.71. The van der Waals surface area contributed by atoms with Gasteiger partial charge in [0.15, 0.2) is 5.82 Å². The summed E-state index contributed by atoms with van der Waals surface area (Å²) in [6.07, 6.45) is 1.19. The molecule has 0 atom stereocenters. The molecule has 4 nitrogen and oxygen atoms in total. The van der Waals surface area contributed by atoms with Gasteiger partial charge in [0.2, 0.25) is 0 Å². The molecule has 1 aromatic heterocycles. The van der Waals surface area contributed by atoms with Crippen LogP contribution < -0.4 is 4.90 Å². The van der Waals surface area contributed by atoms with Crippen molar-refractivity contribution in [3.63, 3.8) is 0 Å². The van der Waals surface area contributed by atoms with E-state index in [0.29, 0.717) is 24.2 Å². The standard InChI is InChI=1S/C12H18ClN3OS/c1-2-17-9-11-14-10(13)8-12(15-11)16-4-3-6-18-7-5-16/h8H,2-7,9H2,1H3. The fourth-order valence-corrected chi connectivity index (χ4v) is 2.93. The Labute approximate surface area is 117 Å². The maximum atomic E-state index is 6.05. The molecular weight excluding hydrogens is 270 g/mol. The van der Waals surface area contributed by atoms with E-state index in [9.17, 15) is 0 Å². The van der Waals surface area contributed by atoms with Crippen molar-refractivity contribution in [1.82, 2.24) is 9.97 Å². The van der Waals surface area contributed by atoms with Crippen LogP contribution in [-0.4, -0.2) is 41.2 Å². The zero-order valence-corrected chi connectivity index (χ0v) is 12.1. The Hall–Kier alpha value is -0.520. The molecule has 0 unspecified atom stereocenters. The summed E-state index contributed by atoms with van der Waals surface area (Å²) in [4.78, 5) is 11.0. The lowest BCUT2D eigenvalue weighted by molar-refractivity contribution is 0.128. The highest BCUT2D eigenvalue weighted by Gasteiger charge is 2.13. The van der Waals surface area contributed by atoms with Gasteiger partial charge in [-0.25, -0.2) is 9.97 Å². The van der Waals surface area contributed by atoms with Gasteiger partial charge in [0.25, 0.3) is 0 Å². The first-order valence-electron chi connectivity index (χ1n) is 6.23. The van der Waals surface area contributed by atoms with Gasteiger partial charge in [0.1, 0.15) is 17.6 Å². The number of halogens is 1. The molecule has 100 valence electrons. The second-order valence-corrected chi connectivity index (χ2v) is 5.67. The average Bonchev–Trinajstić information content (AvgIpc) is 2.64. The topological polar surface area (TPSA) is 38.2 Å². The lowest BCUT2D eigenvalue weighted by Gasteiger charge is -2.21. The zero-order valence-electron chi connectivity index (χ0n) is 10.6. The van der Waals surface area contributed by atoms with Crippen LogP contribution in [-0.2, 0) is 11.3 Å². The molecule has 1 saturated heterocycles. The van der Waals surface area contributed by atoms with Crippen LogP contribution in [0.3, 0.4) is 0 Å². The van der Waals surface area contributed by atoms with Gasteiger partial charge in [0.05, 0.1) is 0 Å². The summed E-state index contributed by atoms with van der Waals surface area (Å²) in [5.74, 6) is 3.95. The summed E-state index contributed by atoms with van der Waals surface area (Å²) in [5.41, 5.74) is 0. The summed E-state index contributed by atoms with van der Waals surface area (Å²) in [5, 5.41) is 0.492. The van der Waals surface area contributed by atoms with Crippen LogP contribution in [0, 0.1) is 0 Å². The summed E-state index contributed by atoms with van der Waals surface area (Å²) in [7, 11) is 0. The van der Waals surface area contributed by atoms with Gasteiger partial charge in [0, 0.05) is 31.5 Å². The van der Waals surface area contributed by atoms with Gasteiger partial charge in [-0.1, -0.05) is 11.6 Å². The first-order valence-corrected chi connectivity index (χ1v) is 7.76. The van der Waals surface area contributed by atoms with Crippen LogP contribution in [0.4, 0.5) is 5.82 Å². The zero-order chi connectivity index (χ0) is 12.8. The summed E-state index contributed by atoms with van der Waals surface area (Å²) < 4.78 is 5.34. The van der Waals surface area contributed by atoms with E-state index in [1.54, 1.807) is 0 Å². The van der Waals surface area contributed by atoms with Crippen molar-refractivity contribution in [2.24, 2.45) is 0 Å². The number of ether oxygens (including phenoxy) is 1. The van der Waals surface area contributed by atoms with E-state index in [-0.39, 0.29) is 0 Å². The minimum Gasteiger partial charge on any atom is -0.374 e. The van der Waals surface area contributed by atoms with E-state index in [2.05, 4.69) is 14.9 Å². The first-order chi connectivity index (χ1) is 8.79. The van der Waals surface area contributed by atoms with Crippen molar-refractivity contribution in [2.45, 2.75) is 20.0 Å². The Bertz CT molecular complexity index is 384. The van der Waals surface area contributed by atoms with Crippen LogP contribution in [0.1, 0.15) is 19.2 Å². The molecule has 18 heavy (non-hydrogen) atoms. The SMILES string of the molecule is CCOCc1nc(Cl)cc(N2CCCSCC2)n1. The van der Waals surface area contributed by atoms with Crippen molar-refractivity contribution >= 4 is 29.2 Å². The number of aromatic nitrogens is 2. The molecule has 0 bridgehead atoms. The van der Waals surface area contributed by atoms with Gasteiger partial charge in [-0.2, -0.15) is 11.8 Å². The van der Waals surface area contributed by atoms with Crippen LogP contribution >= 0.6 is 23.4 Å². The predicted octanol–water partition coefficient (Wildman–Crippen LogP) is 2.61.